The maximum absolute atomic E-state index is 12.3. The highest BCUT2D eigenvalue weighted by Gasteiger charge is 2.32. The molecular weight excluding hydrogens is 248 g/mol. The second-order valence-electron chi connectivity index (χ2n) is 5.43. The van der Waals surface area contributed by atoms with E-state index in [2.05, 4.69) is 10.3 Å². The average molecular weight is 264 g/mol. The van der Waals surface area contributed by atoms with Gasteiger partial charge in [0, 0.05) is 16.8 Å². The number of carbonyl (C=O) groups excluding carboxylic acids is 1. The molecule has 20 heavy (non-hydrogen) atoms. The van der Waals surface area contributed by atoms with E-state index in [1.165, 1.54) is 0 Å². The van der Waals surface area contributed by atoms with Gasteiger partial charge in [0.1, 0.15) is 5.54 Å². The van der Waals surface area contributed by atoms with Crippen molar-refractivity contribution in [1.29, 1.82) is 0 Å². The van der Waals surface area contributed by atoms with Crippen LogP contribution in [0.1, 0.15) is 25.0 Å². The molecule has 1 aliphatic rings. The molecule has 0 unspecified atom stereocenters. The van der Waals surface area contributed by atoms with Gasteiger partial charge < -0.3 is 5.32 Å². The molecule has 3 nitrogen and oxygen atoms in total. The van der Waals surface area contributed by atoms with Crippen molar-refractivity contribution in [3.05, 3.63) is 65.7 Å². The number of benzene rings is 2. The number of nitrogens with zero attached hydrogens (tertiary/aromatic N) is 1. The molecule has 0 aromatic heterocycles. The number of amides is 1. The number of anilines is 1. The molecule has 0 spiro atoms. The van der Waals surface area contributed by atoms with Gasteiger partial charge in [-0.15, -0.1) is 0 Å². The maximum Gasteiger partial charge on any atom is 0.271 e. The van der Waals surface area contributed by atoms with E-state index in [-0.39, 0.29) is 5.91 Å². The Labute approximate surface area is 118 Å². The fourth-order valence-electron chi connectivity index (χ4n) is 2.31. The Morgan fingerprint density at radius 3 is 2.35 bits per heavy atom. The third-order valence-corrected chi connectivity index (χ3v) is 3.42. The lowest BCUT2D eigenvalue weighted by atomic mass is 10.0. The number of nitrogens with one attached hydrogen (secondary N) is 1. The van der Waals surface area contributed by atoms with Gasteiger partial charge in [-0.3, -0.25) is 4.79 Å². The number of hydrogen-bond acceptors (Lipinski definition) is 2. The maximum atomic E-state index is 12.3. The lowest BCUT2D eigenvalue weighted by molar-refractivity contribution is -0.121. The van der Waals surface area contributed by atoms with Crippen molar-refractivity contribution in [2.45, 2.75) is 19.4 Å². The summed E-state index contributed by atoms with van der Waals surface area (Å²) in [5.41, 5.74) is 2.87. The van der Waals surface area contributed by atoms with Crippen LogP contribution >= 0.6 is 0 Å². The van der Waals surface area contributed by atoms with Gasteiger partial charge in [0.15, 0.2) is 0 Å². The van der Waals surface area contributed by atoms with E-state index in [4.69, 9.17) is 0 Å². The molecule has 0 radical (unpaired) electrons. The number of hydrogen-bond donors (Lipinski definition) is 1. The van der Waals surface area contributed by atoms with Gasteiger partial charge in [-0.05, 0) is 19.9 Å². The first-order chi connectivity index (χ1) is 9.58. The van der Waals surface area contributed by atoms with E-state index in [0.29, 0.717) is 0 Å². The molecule has 0 bridgehead atoms. The van der Waals surface area contributed by atoms with Crippen LogP contribution < -0.4 is 5.32 Å². The summed E-state index contributed by atoms with van der Waals surface area (Å²) in [5.74, 6) is -0.160. The van der Waals surface area contributed by atoms with Crippen molar-refractivity contribution in [3.8, 4) is 0 Å². The SMILES string of the molecule is CC1(C)Nc2ccccc2C(c2ccccc2)=NC1=O. The average Bonchev–Trinajstić information content (AvgIpc) is 2.55. The Morgan fingerprint density at radius 1 is 0.950 bits per heavy atom. The topological polar surface area (TPSA) is 41.5 Å². The summed E-state index contributed by atoms with van der Waals surface area (Å²) < 4.78 is 0. The summed E-state index contributed by atoms with van der Waals surface area (Å²) in [5, 5.41) is 3.28. The van der Waals surface area contributed by atoms with Gasteiger partial charge in [-0.1, -0.05) is 48.5 Å². The molecule has 2 aromatic carbocycles. The number of fused-ring (bicyclic) bond motifs is 1. The fraction of sp³-hybridized carbons (Fsp3) is 0.176. The number of benzodiazepines with no additional fused rings is 1. The molecule has 1 N–H and O–H groups in total. The van der Waals surface area contributed by atoms with E-state index >= 15 is 0 Å². The van der Waals surface area contributed by atoms with Gasteiger partial charge in [0.05, 0.1) is 5.71 Å². The quantitative estimate of drug-likeness (QED) is 0.859. The number of rotatable bonds is 1. The van der Waals surface area contributed by atoms with Crippen molar-refractivity contribution in [1.82, 2.24) is 0 Å². The van der Waals surface area contributed by atoms with Crippen molar-refractivity contribution in [2.75, 3.05) is 5.32 Å². The molecule has 2 aromatic rings. The van der Waals surface area contributed by atoms with Crippen LogP contribution in [0.15, 0.2) is 59.6 Å². The van der Waals surface area contributed by atoms with Crippen LogP contribution in [-0.2, 0) is 4.79 Å². The summed E-state index contributed by atoms with van der Waals surface area (Å²) in [6.07, 6.45) is 0. The predicted octanol–water partition coefficient (Wildman–Crippen LogP) is 3.25. The predicted molar refractivity (Wildman–Crippen MR) is 81.2 cm³/mol. The van der Waals surface area contributed by atoms with Crippen LogP contribution in [0, 0.1) is 0 Å². The minimum absolute atomic E-state index is 0.160. The fourth-order valence-corrected chi connectivity index (χ4v) is 2.31. The lowest BCUT2D eigenvalue weighted by Crippen LogP contribution is -2.38. The van der Waals surface area contributed by atoms with Crippen LogP contribution in [0.3, 0.4) is 0 Å². The highest BCUT2D eigenvalue weighted by atomic mass is 16.2. The standard InChI is InChI=1S/C17H16N2O/c1-17(2)16(20)18-15(12-8-4-3-5-9-12)13-10-6-7-11-14(13)19-17/h3-11,19H,1-2H3. The Balaban J connectivity index is 2.24. The molecule has 100 valence electrons. The normalized spacial score (nSPS) is 16.7. The summed E-state index contributed by atoms with van der Waals surface area (Å²) in [7, 11) is 0. The second-order valence-corrected chi connectivity index (χ2v) is 5.43. The lowest BCUT2D eigenvalue weighted by Gasteiger charge is -2.22. The smallest absolute Gasteiger partial charge is 0.271 e. The molecule has 1 amide bonds. The van der Waals surface area contributed by atoms with Gasteiger partial charge in [0.2, 0.25) is 0 Å². The summed E-state index contributed by atoms with van der Waals surface area (Å²) >= 11 is 0. The first-order valence-corrected chi connectivity index (χ1v) is 6.64. The van der Waals surface area contributed by atoms with E-state index in [1.807, 2.05) is 68.4 Å². The van der Waals surface area contributed by atoms with E-state index in [0.717, 1.165) is 22.5 Å². The Morgan fingerprint density at radius 2 is 1.60 bits per heavy atom. The molecule has 0 saturated heterocycles. The van der Waals surface area contributed by atoms with Gasteiger partial charge in [-0.2, -0.15) is 0 Å². The minimum atomic E-state index is -0.702. The summed E-state index contributed by atoms with van der Waals surface area (Å²) in [6, 6.07) is 17.7. The molecule has 0 saturated carbocycles. The summed E-state index contributed by atoms with van der Waals surface area (Å²) in [4.78, 5) is 16.7. The molecule has 3 rings (SSSR count). The molecule has 0 atom stereocenters. The van der Waals surface area contributed by atoms with Crippen LogP contribution in [0.4, 0.5) is 5.69 Å². The van der Waals surface area contributed by atoms with Crippen LogP contribution in [-0.4, -0.2) is 17.2 Å². The minimum Gasteiger partial charge on any atom is -0.371 e. The second kappa shape index (κ2) is 4.60. The Bertz CT molecular complexity index is 687. The third kappa shape index (κ3) is 2.11. The number of aliphatic imine (C=N–C) groups is 1. The monoisotopic (exact) mass is 264 g/mol. The highest BCUT2D eigenvalue weighted by molar-refractivity contribution is 6.21. The first-order valence-electron chi connectivity index (χ1n) is 6.64. The van der Waals surface area contributed by atoms with E-state index < -0.39 is 5.54 Å². The Kier molecular flexibility index (Phi) is 2.90. The van der Waals surface area contributed by atoms with Crippen LogP contribution in [0.2, 0.25) is 0 Å². The number of para-hydroxylation sites is 1. The zero-order valence-corrected chi connectivity index (χ0v) is 11.6. The third-order valence-electron chi connectivity index (χ3n) is 3.42. The van der Waals surface area contributed by atoms with E-state index in [1.54, 1.807) is 0 Å². The molecule has 0 aliphatic carbocycles. The van der Waals surface area contributed by atoms with Crippen molar-refractivity contribution in [2.24, 2.45) is 4.99 Å². The molecule has 3 heteroatoms. The van der Waals surface area contributed by atoms with Gasteiger partial charge >= 0.3 is 0 Å². The van der Waals surface area contributed by atoms with Crippen LogP contribution in [0.5, 0.6) is 0 Å². The molecular formula is C17H16N2O. The first kappa shape index (κ1) is 12.6. The summed E-state index contributed by atoms with van der Waals surface area (Å²) in [6.45, 7) is 3.70. The molecule has 0 fully saturated rings. The van der Waals surface area contributed by atoms with Crippen molar-refractivity contribution in [3.63, 3.8) is 0 Å². The van der Waals surface area contributed by atoms with E-state index in [9.17, 15) is 4.79 Å². The van der Waals surface area contributed by atoms with Crippen molar-refractivity contribution >= 4 is 17.3 Å². The number of carbonyl (C=O) groups is 1. The highest BCUT2D eigenvalue weighted by Crippen LogP contribution is 2.27. The van der Waals surface area contributed by atoms with Crippen molar-refractivity contribution < 1.29 is 4.79 Å². The van der Waals surface area contributed by atoms with Gasteiger partial charge in [0.25, 0.3) is 5.91 Å². The van der Waals surface area contributed by atoms with Crippen LogP contribution in [0.25, 0.3) is 0 Å². The largest absolute Gasteiger partial charge is 0.371 e. The van der Waals surface area contributed by atoms with Gasteiger partial charge in [-0.25, -0.2) is 4.99 Å². The zero-order valence-electron chi connectivity index (χ0n) is 11.6. The Hall–Kier alpha value is -2.42. The molecule has 1 heterocycles. The molecule has 1 aliphatic heterocycles. The zero-order chi connectivity index (χ0) is 14.2.